The highest BCUT2D eigenvalue weighted by Crippen LogP contribution is 2.27. The largest absolute Gasteiger partial charge is 0.496 e. The molecule has 1 aromatic heterocycles. The van der Waals surface area contributed by atoms with Crippen LogP contribution in [0.1, 0.15) is 33.7 Å². The first kappa shape index (κ1) is 21.1. The maximum absolute atomic E-state index is 12.2. The van der Waals surface area contributed by atoms with Crippen molar-refractivity contribution in [2.75, 3.05) is 26.0 Å². The fraction of sp³-hybridized carbons (Fsp3) is 0.368. The Balaban J connectivity index is 1.53. The number of aromatic carboxylic acids is 1. The number of carbonyl (C=O) groups is 3. The number of carboxylic acid groups (broad SMARTS) is 1. The number of hydrogen-bond acceptors (Lipinski definition) is 8. The first-order valence-corrected chi connectivity index (χ1v) is 10.8. The Morgan fingerprint density at radius 1 is 1.48 bits per heavy atom. The van der Waals surface area contributed by atoms with Gasteiger partial charge in [-0.1, -0.05) is 11.8 Å². The number of rotatable bonds is 10. The summed E-state index contributed by atoms with van der Waals surface area (Å²) in [6, 6.07) is 4.95. The van der Waals surface area contributed by atoms with Crippen LogP contribution >= 0.6 is 23.1 Å². The van der Waals surface area contributed by atoms with E-state index in [0.29, 0.717) is 53.1 Å². The summed E-state index contributed by atoms with van der Waals surface area (Å²) < 4.78 is 11.7. The molecule has 0 aliphatic carbocycles. The smallest absolute Gasteiger partial charge is 0.355 e. The van der Waals surface area contributed by atoms with Crippen molar-refractivity contribution in [3.63, 3.8) is 0 Å². The van der Waals surface area contributed by atoms with Gasteiger partial charge in [-0.3, -0.25) is 9.59 Å². The van der Waals surface area contributed by atoms with E-state index in [1.54, 1.807) is 23.1 Å². The number of thioether (sulfide) groups is 1. The molecule has 0 bridgehead atoms. The molecule has 29 heavy (non-hydrogen) atoms. The van der Waals surface area contributed by atoms with E-state index in [-0.39, 0.29) is 17.6 Å². The fourth-order valence-corrected chi connectivity index (χ4v) is 4.81. The number of aldehydes is 1. The number of carboxylic acids is 1. The van der Waals surface area contributed by atoms with Crippen molar-refractivity contribution in [1.29, 1.82) is 0 Å². The van der Waals surface area contributed by atoms with Crippen molar-refractivity contribution in [2.24, 2.45) is 0 Å². The van der Waals surface area contributed by atoms with E-state index in [4.69, 9.17) is 14.6 Å². The fourth-order valence-electron chi connectivity index (χ4n) is 3.00. The number of carbonyl (C=O) groups excluding carboxylic acids is 2. The van der Waals surface area contributed by atoms with Gasteiger partial charge < -0.3 is 19.5 Å². The van der Waals surface area contributed by atoms with E-state index in [0.717, 1.165) is 6.29 Å². The van der Waals surface area contributed by atoms with Crippen LogP contribution in [0.25, 0.3) is 0 Å². The van der Waals surface area contributed by atoms with Crippen molar-refractivity contribution >= 4 is 41.3 Å². The van der Waals surface area contributed by atoms with Crippen molar-refractivity contribution in [3.8, 4) is 11.5 Å². The van der Waals surface area contributed by atoms with Crippen molar-refractivity contribution < 1.29 is 29.0 Å². The molecular formula is C19H20N2O6S2. The highest BCUT2D eigenvalue weighted by atomic mass is 32.2. The second-order valence-electron chi connectivity index (χ2n) is 6.26. The molecule has 1 aromatic carbocycles. The number of aromatic nitrogens is 1. The van der Waals surface area contributed by atoms with Crippen molar-refractivity contribution in [1.82, 2.24) is 9.88 Å². The first-order valence-electron chi connectivity index (χ1n) is 8.89. The van der Waals surface area contributed by atoms with Gasteiger partial charge in [0.2, 0.25) is 5.91 Å². The number of hydrogen-bond donors (Lipinski definition) is 1. The van der Waals surface area contributed by atoms with Gasteiger partial charge in [-0.05, 0) is 18.6 Å². The highest BCUT2D eigenvalue weighted by Gasteiger charge is 2.31. The van der Waals surface area contributed by atoms with Crippen LogP contribution in [0.5, 0.6) is 11.5 Å². The Labute approximate surface area is 175 Å². The molecule has 1 amide bonds. The van der Waals surface area contributed by atoms with Crippen LogP contribution in [0, 0.1) is 0 Å². The molecule has 1 N–H and O–H groups in total. The van der Waals surface area contributed by atoms with Gasteiger partial charge in [0, 0.05) is 30.2 Å². The normalized spacial score (nSPS) is 16.1. The third kappa shape index (κ3) is 5.27. The van der Waals surface area contributed by atoms with E-state index in [2.05, 4.69) is 4.98 Å². The molecule has 1 fully saturated rings. The molecule has 0 saturated carbocycles. The molecule has 2 aromatic rings. The summed E-state index contributed by atoms with van der Waals surface area (Å²) >= 11 is 2.71. The van der Waals surface area contributed by atoms with Crippen LogP contribution in [-0.2, 0) is 4.79 Å². The molecule has 1 saturated heterocycles. The number of benzene rings is 1. The summed E-state index contributed by atoms with van der Waals surface area (Å²) in [5.41, 5.74) is 0.486. The van der Waals surface area contributed by atoms with E-state index < -0.39 is 5.97 Å². The van der Waals surface area contributed by atoms with Gasteiger partial charge in [0.25, 0.3) is 0 Å². The molecular weight excluding hydrogens is 416 g/mol. The second kappa shape index (κ2) is 9.75. The molecule has 3 rings (SSSR count). The topological polar surface area (TPSA) is 106 Å². The van der Waals surface area contributed by atoms with Crippen molar-refractivity contribution in [3.05, 3.63) is 34.8 Å². The third-order valence-corrected chi connectivity index (χ3v) is 6.49. The summed E-state index contributed by atoms with van der Waals surface area (Å²) in [6.07, 6.45) is 1.92. The Morgan fingerprint density at radius 3 is 3.00 bits per heavy atom. The van der Waals surface area contributed by atoms with E-state index in [1.807, 2.05) is 0 Å². The van der Waals surface area contributed by atoms with Gasteiger partial charge in [0.1, 0.15) is 18.1 Å². The first-order chi connectivity index (χ1) is 14.0. The second-order valence-corrected chi connectivity index (χ2v) is 8.46. The summed E-state index contributed by atoms with van der Waals surface area (Å²) in [5, 5.41) is 10.4. The molecule has 0 spiro atoms. The number of amides is 1. The number of methoxy groups -OCH3 is 1. The van der Waals surface area contributed by atoms with Crippen molar-refractivity contribution in [2.45, 2.75) is 23.2 Å². The molecule has 8 nitrogen and oxygen atoms in total. The maximum atomic E-state index is 12.2. The van der Waals surface area contributed by atoms with Gasteiger partial charge in [0.05, 0.1) is 18.7 Å². The minimum Gasteiger partial charge on any atom is -0.496 e. The van der Waals surface area contributed by atoms with Crippen LogP contribution in [0.4, 0.5) is 0 Å². The minimum atomic E-state index is -1.04. The maximum Gasteiger partial charge on any atom is 0.355 e. The Kier molecular flexibility index (Phi) is 7.10. The van der Waals surface area contributed by atoms with Crippen LogP contribution in [0.15, 0.2) is 27.9 Å². The molecule has 2 heterocycles. The summed E-state index contributed by atoms with van der Waals surface area (Å²) in [5.74, 6) is 0.676. The summed E-state index contributed by atoms with van der Waals surface area (Å²) in [7, 11) is 1.49. The van der Waals surface area contributed by atoms with Gasteiger partial charge >= 0.3 is 5.97 Å². The predicted molar refractivity (Wildman–Crippen MR) is 108 cm³/mol. The van der Waals surface area contributed by atoms with Crippen LogP contribution in [0.3, 0.4) is 0 Å². The zero-order valence-electron chi connectivity index (χ0n) is 15.7. The average molecular weight is 437 g/mol. The summed E-state index contributed by atoms with van der Waals surface area (Å²) in [4.78, 5) is 39.9. The van der Waals surface area contributed by atoms with E-state index in [1.165, 1.54) is 35.6 Å². The summed E-state index contributed by atoms with van der Waals surface area (Å²) in [6.45, 7) is 0.882. The van der Waals surface area contributed by atoms with Crippen LogP contribution in [-0.4, -0.2) is 65.2 Å². The SMILES string of the molecule is COc1cc(OC[C@H]2CCC(=O)N2CCSc2nc(C(=O)O)cs2)ccc1C=O. The van der Waals surface area contributed by atoms with Crippen LogP contribution in [0.2, 0.25) is 0 Å². The van der Waals surface area contributed by atoms with E-state index >= 15 is 0 Å². The zero-order chi connectivity index (χ0) is 20.8. The van der Waals surface area contributed by atoms with Gasteiger partial charge in [-0.15, -0.1) is 11.3 Å². The van der Waals surface area contributed by atoms with E-state index in [9.17, 15) is 14.4 Å². The van der Waals surface area contributed by atoms with Gasteiger partial charge in [0.15, 0.2) is 16.3 Å². The average Bonchev–Trinajstić information content (AvgIpc) is 3.33. The number of likely N-dealkylation sites (tertiary alicyclic amines) is 1. The lowest BCUT2D eigenvalue weighted by molar-refractivity contribution is -0.129. The van der Waals surface area contributed by atoms with Gasteiger partial charge in [-0.25, -0.2) is 9.78 Å². The lowest BCUT2D eigenvalue weighted by atomic mass is 10.2. The minimum absolute atomic E-state index is 0.0364. The lowest BCUT2D eigenvalue weighted by Crippen LogP contribution is -2.38. The lowest BCUT2D eigenvalue weighted by Gasteiger charge is -2.24. The highest BCUT2D eigenvalue weighted by molar-refractivity contribution is 8.01. The number of nitrogens with zero attached hydrogens (tertiary/aromatic N) is 2. The Morgan fingerprint density at radius 2 is 2.31 bits per heavy atom. The molecule has 1 aliphatic heterocycles. The van der Waals surface area contributed by atoms with Gasteiger partial charge in [-0.2, -0.15) is 0 Å². The molecule has 0 radical (unpaired) electrons. The molecule has 0 unspecified atom stereocenters. The molecule has 1 atom stereocenters. The molecule has 10 heteroatoms. The third-order valence-electron chi connectivity index (χ3n) is 4.49. The molecule has 154 valence electrons. The Hall–Kier alpha value is -2.59. The predicted octanol–water partition coefficient (Wildman–Crippen LogP) is 2.82. The Bertz CT molecular complexity index is 901. The standard InChI is InChI=1S/C19H20N2O6S2/c1-26-16-8-14(4-2-12(16)9-22)27-10-13-3-5-17(23)21(13)6-7-28-19-20-15(11-29-19)18(24)25/h2,4,8-9,11,13H,3,5-7,10H2,1H3,(H,24,25)/t13-/m1/s1. The quantitative estimate of drug-likeness (QED) is 0.448. The van der Waals surface area contributed by atoms with Crippen LogP contribution < -0.4 is 9.47 Å². The molecule has 1 aliphatic rings. The monoisotopic (exact) mass is 436 g/mol. The number of ether oxygens (including phenoxy) is 2. The zero-order valence-corrected chi connectivity index (χ0v) is 17.3. The number of thiazole rings is 1.